The number of likely N-dealkylation sites (tertiary alicyclic amines) is 1. The number of carboxylic acids is 1. The van der Waals surface area contributed by atoms with Crippen LogP contribution in [0.4, 0.5) is 4.79 Å². The topological polar surface area (TPSA) is 60.9 Å². The van der Waals surface area contributed by atoms with Crippen molar-refractivity contribution in [3.8, 4) is 0 Å². The smallest absolute Gasteiger partial charge is 0.320 e. The van der Waals surface area contributed by atoms with Crippen LogP contribution in [0, 0.1) is 5.92 Å². The normalized spacial score (nSPS) is 20.0. The van der Waals surface area contributed by atoms with Gasteiger partial charge in [0.05, 0.1) is 5.92 Å². The third-order valence-corrected chi connectivity index (χ3v) is 3.37. The van der Waals surface area contributed by atoms with E-state index < -0.39 is 11.9 Å². The van der Waals surface area contributed by atoms with Gasteiger partial charge >= 0.3 is 12.0 Å². The Bertz CT molecular complexity index is 305. The van der Waals surface area contributed by atoms with Gasteiger partial charge < -0.3 is 14.9 Å². The number of hydrogen-bond donors (Lipinski definition) is 1. The summed E-state index contributed by atoms with van der Waals surface area (Å²) in [5, 5.41) is 9.04. The van der Waals surface area contributed by atoms with Crippen molar-refractivity contribution >= 4 is 12.0 Å². The van der Waals surface area contributed by atoms with Gasteiger partial charge in [-0.2, -0.15) is 0 Å². The lowest BCUT2D eigenvalue weighted by atomic mass is 9.98. The van der Waals surface area contributed by atoms with Crippen molar-refractivity contribution in [2.75, 3.05) is 19.6 Å². The summed E-state index contributed by atoms with van der Waals surface area (Å²) in [7, 11) is 0. The Labute approximate surface area is 109 Å². The summed E-state index contributed by atoms with van der Waals surface area (Å²) < 4.78 is 0. The molecule has 0 aromatic carbocycles. The van der Waals surface area contributed by atoms with E-state index in [1.165, 1.54) is 0 Å². The highest BCUT2D eigenvalue weighted by Crippen LogP contribution is 2.18. The van der Waals surface area contributed by atoms with Crippen LogP contribution < -0.4 is 0 Å². The molecule has 0 aromatic heterocycles. The Morgan fingerprint density at radius 2 is 2.11 bits per heavy atom. The summed E-state index contributed by atoms with van der Waals surface area (Å²) in [6.45, 7) is 7.78. The van der Waals surface area contributed by atoms with Gasteiger partial charge in [-0.05, 0) is 33.1 Å². The zero-order valence-corrected chi connectivity index (χ0v) is 11.6. The molecule has 104 valence electrons. The summed E-state index contributed by atoms with van der Waals surface area (Å²) in [5.41, 5.74) is 0. The molecule has 1 rings (SSSR count). The Morgan fingerprint density at radius 1 is 1.44 bits per heavy atom. The lowest BCUT2D eigenvalue weighted by Crippen LogP contribution is -2.51. The minimum absolute atomic E-state index is 0.0159. The molecule has 1 aliphatic rings. The van der Waals surface area contributed by atoms with Crippen LogP contribution in [-0.2, 0) is 4.79 Å². The fraction of sp³-hybridized carbons (Fsp3) is 0.846. The number of rotatable bonds is 4. The van der Waals surface area contributed by atoms with Crippen molar-refractivity contribution in [1.82, 2.24) is 9.80 Å². The molecule has 0 saturated carbocycles. The molecule has 1 fully saturated rings. The first kappa shape index (κ1) is 14.8. The fourth-order valence-electron chi connectivity index (χ4n) is 2.35. The fourth-order valence-corrected chi connectivity index (χ4v) is 2.35. The number of nitrogens with zero attached hydrogens (tertiary/aromatic N) is 2. The lowest BCUT2D eigenvalue weighted by molar-refractivity contribution is -0.143. The van der Waals surface area contributed by atoms with E-state index in [-0.39, 0.29) is 12.1 Å². The van der Waals surface area contributed by atoms with Gasteiger partial charge in [-0.3, -0.25) is 4.79 Å². The summed E-state index contributed by atoms with van der Waals surface area (Å²) in [4.78, 5) is 26.9. The molecule has 0 bridgehead atoms. The predicted molar refractivity (Wildman–Crippen MR) is 69.5 cm³/mol. The highest BCUT2D eigenvalue weighted by Gasteiger charge is 2.30. The van der Waals surface area contributed by atoms with Crippen molar-refractivity contribution in [1.29, 1.82) is 0 Å². The van der Waals surface area contributed by atoms with Crippen molar-refractivity contribution in [2.45, 2.75) is 46.1 Å². The number of urea groups is 1. The van der Waals surface area contributed by atoms with Gasteiger partial charge in [-0.15, -0.1) is 0 Å². The van der Waals surface area contributed by atoms with E-state index in [1.54, 1.807) is 4.90 Å². The number of hydrogen-bond acceptors (Lipinski definition) is 2. The molecule has 0 aromatic rings. The molecule has 0 aliphatic carbocycles. The second-order valence-corrected chi connectivity index (χ2v) is 5.19. The molecule has 0 spiro atoms. The molecule has 18 heavy (non-hydrogen) atoms. The molecular formula is C13H24N2O3. The number of carboxylic acid groups (broad SMARTS) is 1. The van der Waals surface area contributed by atoms with Gasteiger partial charge in [0.25, 0.3) is 0 Å². The van der Waals surface area contributed by atoms with Crippen LogP contribution in [0.15, 0.2) is 0 Å². The van der Waals surface area contributed by atoms with Gasteiger partial charge in [-0.25, -0.2) is 4.79 Å². The number of carbonyl (C=O) groups is 2. The molecule has 1 heterocycles. The van der Waals surface area contributed by atoms with Crippen molar-refractivity contribution in [2.24, 2.45) is 5.92 Å². The van der Waals surface area contributed by atoms with Crippen LogP contribution in [0.5, 0.6) is 0 Å². The van der Waals surface area contributed by atoms with Crippen LogP contribution in [0.2, 0.25) is 0 Å². The zero-order chi connectivity index (χ0) is 13.7. The third kappa shape index (κ3) is 3.62. The van der Waals surface area contributed by atoms with Gasteiger partial charge in [0.15, 0.2) is 0 Å². The highest BCUT2D eigenvalue weighted by atomic mass is 16.4. The molecule has 2 amide bonds. The summed E-state index contributed by atoms with van der Waals surface area (Å²) in [5.74, 6) is -1.20. The van der Waals surface area contributed by atoms with Crippen LogP contribution >= 0.6 is 0 Å². The van der Waals surface area contributed by atoms with Gasteiger partial charge in [-0.1, -0.05) is 6.92 Å². The Kier molecular flexibility index (Phi) is 5.44. The maximum absolute atomic E-state index is 12.4. The van der Waals surface area contributed by atoms with E-state index >= 15 is 0 Å². The average molecular weight is 256 g/mol. The number of aliphatic carboxylic acids is 1. The minimum atomic E-state index is -0.793. The molecule has 0 radical (unpaired) electrons. The Morgan fingerprint density at radius 3 is 2.61 bits per heavy atom. The third-order valence-electron chi connectivity index (χ3n) is 3.37. The molecule has 5 heteroatoms. The first-order chi connectivity index (χ1) is 8.47. The molecular weight excluding hydrogens is 232 g/mol. The largest absolute Gasteiger partial charge is 0.481 e. The molecule has 1 N–H and O–H groups in total. The van der Waals surface area contributed by atoms with Crippen LogP contribution in [0.1, 0.15) is 40.0 Å². The maximum atomic E-state index is 12.4. The zero-order valence-electron chi connectivity index (χ0n) is 11.6. The van der Waals surface area contributed by atoms with Gasteiger partial charge in [0.1, 0.15) is 0 Å². The van der Waals surface area contributed by atoms with Crippen LogP contribution in [-0.4, -0.2) is 52.6 Å². The van der Waals surface area contributed by atoms with E-state index in [0.717, 1.165) is 19.4 Å². The van der Waals surface area contributed by atoms with E-state index in [0.29, 0.717) is 19.5 Å². The predicted octanol–water partition coefficient (Wildman–Crippen LogP) is 2.02. The number of piperidine rings is 1. The quantitative estimate of drug-likeness (QED) is 0.837. The van der Waals surface area contributed by atoms with Gasteiger partial charge in [0, 0.05) is 25.7 Å². The molecule has 0 unspecified atom stereocenters. The molecule has 1 atom stereocenters. The molecule has 5 nitrogen and oxygen atoms in total. The minimum Gasteiger partial charge on any atom is -0.481 e. The van der Waals surface area contributed by atoms with Crippen LogP contribution in [0.3, 0.4) is 0 Å². The standard InChI is InChI=1S/C13H24N2O3/c1-4-7-15(10(2)3)13(18)14-8-5-6-11(9-14)12(16)17/h10-11H,4-9H2,1-3H3,(H,16,17)/t11-/m1/s1. The molecule has 1 saturated heterocycles. The summed E-state index contributed by atoms with van der Waals surface area (Å²) in [6.07, 6.45) is 2.37. The average Bonchev–Trinajstić information content (AvgIpc) is 2.35. The Balaban J connectivity index is 2.66. The monoisotopic (exact) mass is 256 g/mol. The van der Waals surface area contributed by atoms with Crippen molar-refractivity contribution in [3.05, 3.63) is 0 Å². The lowest BCUT2D eigenvalue weighted by Gasteiger charge is -2.36. The van der Waals surface area contributed by atoms with E-state index in [4.69, 9.17) is 5.11 Å². The second kappa shape index (κ2) is 6.61. The number of carbonyl (C=O) groups excluding carboxylic acids is 1. The van der Waals surface area contributed by atoms with Crippen molar-refractivity contribution in [3.63, 3.8) is 0 Å². The van der Waals surface area contributed by atoms with E-state index in [9.17, 15) is 9.59 Å². The van der Waals surface area contributed by atoms with Gasteiger partial charge in [0.2, 0.25) is 0 Å². The first-order valence-electron chi connectivity index (χ1n) is 6.75. The maximum Gasteiger partial charge on any atom is 0.320 e. The summed E-state index contributed by atoms with van der Waals surface area (Å²) >= 11 is 0. The highest BCUT2D eigenvalue weighted by molar-refractivity contribution is 5.77. The Hall–Kier alpha value is -1.26. The molecule has 1 aliphatic heterocycles. The van der Waals surface area contributed by atoms with Crippen LogP contribution in [0.25, 0.3) is 0 Å². The SMILES string of the molecule is CCCN(C(=O)N1CCC[C@@H](C(=O)O)C1)C(C)C. The first-order valence-corrected chi connectivity index (χ1v) is 6.75. The summed E-state index contributed by atoms with van der Waals surface area (Å²) in [6, 6.07) is 0.139. The van der Waals surface area contributed by atoms with Crippen molar-refractivity contribution < 1.29 is 14.7 Å². The van der Waals surface area contributed by atoms with E-state index in [2.05, 4.69) is 0 Å². The van der Waals surface area contributed by atoms with E-state index in [1.807, 2.05) is 25.7 Å². The second-order valence-electron chi connectivity index (χ2n) is 5.19. The number of amides is 2.